The Balaban J connectivity index is 2.56. The largest absolute Gasteiger partial charge is 0.493 e. The standard InChI is InChI=1S/C16H26BrNO2/c1-16(2,3)18-12-13-11-14(17)7-8-15(13)20-10-6-4-5-9-19/h7-8,11,18-19H,4-6,9-10,12H2,1-3H3. The molecule has 0 aromatic heterocycles. The first-order valence-electron chi connectivity index (χ1n) is 7.19. The normalized spacial score (nSPS) is 11.7. The van der Waals surface area contributed by atoms with Crippen LogP contribution < -0.4 is 10.1 Å². The Kier molecular flexibility index (Phi) is 7.56. The Morgan fingerprint density at radius 2 is 1.95 bits per heavy atom. The van der Waals surface area contributed by atoms with Gasteiger partial charge in [0.2, 0.25) is 0 Å². The molecule has 3 nitrogen and oxygen atoms in total. The molecule has 114 valence electrons. The van der Waals surface area contributed by atoms with E-state index in [0.29, 0.717) is 6.61 Å². The zero-order valence-corrected chi connectivity index (χ0v) is 14.3. The molecule has 0 aliphatic rings. The van der Waals surface area contributed by atoms with Gasteiger partial charge in [0.25, 0.3) is 0 Å². The van der Waals surface area contributed by atoms with Gasteiger partial charge in [-0.15, -0.1) is 0 Å². The molecule has 0 atom stereocenters. The quantitative estimate of drug-likeness (QED) is 0.704. The first-order valence-corrected chi connectivity index (χ1v) is 7.99. The van der Waals surface area contributed by atoms with E-state index in [1.807, 2.05) is 12.1 Å². The fourth-order valence-electron chi connectivity index (χ4n) is 1.76. The summed E-state index contributed by atoms with van der Waals surface area (Å²) in [5.74, 6) is 0.939. The van der Waals surface area contributed by atoms with Gasteiger partial charge in [0, 0.05) is 28.7 Å². The van der Waals surface area contributed by atoms with E-state index in [2.05, 4.69) is 48.1 Å². The molecule has 20 heavy (non-hydrogen) atoms. The second kappa shape index (κ2) is 8.65. The number of nitrogens with one attached hydrogen (secondary N) is 1. The molecule has 0 aliphatic carbocycles. The average Bonchev–Trinajstić information content (AvgIpc) is 2.37. The maximum Gasteiger partial charge on any atom is 0.123 e. The molecule has 0 amide bonds. The maximum absolute atomic E-state index is 8.75. The van der Waals surface area contributed by atoms with Crippen molar-refractivity contribution in [3.8, 4) is 5.75 Å². The number of ether oxygens (including phenoxy) is 1. The van der Waals surface area contributed by atoms with Crippen LogP contribution in [0.4, 0.5) is 0 Å². The van der Waals surface area contributed by atoms with Gasteiger partial charge in [-0.05, 0) is 58.2 Å². The first-order chi connectivity index (χ1) is 9.42. The van der Waals surface area contributed by atoms with Crippen LogP contribution in [0.1, 0.15) is 45.6 Å². The van der Waals surface area contributed by atoms with Crippen molar-refractivity contribution < 1.29 is 9.84 Å². The molecule has 0 bridgehead atoms. The zero-order chi connectivity index (χ0) is 15.0. The minimum atomic E-state index is 0.0840. The summed E-state index contributed by atoms with van der Waals surface area (Å²) < 4.78 is 6.93. The molecule has 0 saturated heterocycles. The summed E-state index contributed by atoms with van der Waals surface area (Å²) in [7, 11) is 0. The Labute approximate surface area is 130 Å². The molecule has 4 heteroatoms. The third kappa shape index (κ3) is 7.27. The van der Waals surface area contributed by atoms with E-state index in [0.717, 1.165) is 41.6 Å². The minimum absolute atomic E-state index is 0.0840. The molecule has 0 spiro atoms. The minimum Gasteiger partial charge on any atom is -0.493 e. The second-order valence-electron chi connectivity index (χ2n) is 5.99. The van der Waals surface area contributed by atoms with Crippen LogP contribution in [0, 0.1) is 0 Å². The molecule has 0 radical (unpaired) electrons. The van der Waals surface area contributed by atoms with Crippen LogP contribution in [0.25, 0.3) is 0 Å². The van der Waals surface area contributed by atoms with Gasteiger partial charge in [0.15, 0.2) is 0 Å². The predicted octanol–water partition coefficient (Wildman–Crippen LogP) is 3.88. The molecule has 0 heterocycles. The molecule has 1 aromatic carbocycles. The van der Waals surface area contributed by atoms with Crippen molar-refractivity contribution >= 4 is 15.9 Å². The van der Waals surface area contributed by atoms with Gasteiger partial charge in [0.05, 0.1) is 6.61 Å². The summed E-state index contributed by atoms with van der Waals surface area (Å²) in [5.41, 5.74) is 1.25. The van der Waals surface area contributed by atoms with E-state index in [1.165, 1.54) is 0 Å². The maximum atomic E-state index is 8.75. The van der Waals surface area contributed by atoms with Crippen LogP contribution in [-0.4, -0.2) is 23.9 Å². The van der Waals surface area contributed by atoms with Gasteiger partial charge in [-0.2, -0.15) is 0 Å². The molecule has 0 saturated carbocycles. The summed E-state index contributed by atoms with van der Waals surface area (Å²) in [4.78, 5) is 0. The second-order valence-corrected chi connectivity index (χ2v) is 6.90. The average molecular weight is 344 g/mol. The lowest BCUT2D eigenvalue weighted by atomic mass is 10.1. The number of unbranched alkanes of at least 4 members (excludes halogenated alkanes) is 2. The van der Waals surface area contributed by atoms with Crippen LogP contribution in [0.2, 0.25) is 0 Å². The fraction of sp³-hybridized carbons (Fsp3) is 0.625. The van der Waals surface area contributed by atoms with E-state index < -0.39 is 0 Å². The van der Waals surface area contributed by atoms with Crippen molar-refractivity contribution in [1.29, 1.82) is 0 Å². The molecule has 2 N–H and O–H groups in total. The smallest absolute Gasteiger partial charge is 0.123 e. The van der Waals surface area contributed by atoms with Crippen LogP contribution in [0.5, 0.6) is 5.75 Å². The zero-order valence-electron chi connectivity index (χ0n) is 12.7. The fourth-order valence-corrected chi connectivity index (χ4v) is 2.17. The summed E-state index contributed by atoms with van der Waals surface area (Å²) >= 11 is 3.51. The predicted molar refractivity (Wildman–Crippen MR) is 87.2 cm³/mol. The highest BCUT2D eigenvalue weighted by atomic mass is 79.9. The molecular weight excluding hydrogens is 318 g/mol. The van der Waals surface area contributed by atoms with E-state index in [9.17, 15) is 0 Å². The summed E-state index contributed by atoms with van der Waals surface area (Å²) in [6.07, 6.45) is 2.83. The van der Waals surface area contributed by atoms with Crippen LogP contribution >= 0.6 is 15.9 Å². The number of aliphatic hydroxyl groups excluding tert-OH is 1. The van der Waals surface area contributed by atoms with Crippen LogP contribution in [0.15, 0.2) is 22.7 Å². The molecular formula is C16H26BrNO2. The van der Waals surface area contributed by atoms with Gasteiger partial charge < -0.3 is 15.2 Å². The SMILES string of the molecule is CC(C)(C)NCc1cc(Br)ccc1OCCCCCO. The van der Waals surface area contributed by atoms with Gasteiger partial charge in [-0.1, -0.05) is 15.9 Å². The van der Waals surface area contributed by atoms with Crippen molar-refractivity contribution in [1.82, 2.24) is 5.32 Å². The first kappa shape index (κ1) is 17.5. The van der Waals surface area contributed by atoms with E-state index in [4.69, 9.17) is 9.84 Å². The molecule has 0 fully saturated rings. The Bertz CT molecular complexity index is 402. The van der Waals surface area contributed by atoms with Gasteiger partial charge >= 0.3 is 0 Å². The Morgan fingerprint density at radius 3 is 2.60 bits per heavy atom. The van der Waals surface area contributed by atoms with Crippen molar-refractivity contribution in [3.63, 3.8) is 0 Å². The lowest BCUT2D eigenvalue weighted by Crippen LogP contribution is -2.35. The number of rotatable bonds is 8. The Hall–Kier alpha value is -0.580. The van der Waals surface area contributed by atoms with E-state index >= 15 is 0 Å². The van der Waals surface area contributed by atoms with Crippen LogP contribution in [-0.2, 0) is 6.54 Å². The summed E-state index contributed by atoms with van der Waals surface area (Å²) in [6, 6.07) is 6.11. The molecule has 1 rings (SSSR count). The number of benzene rings is 1. The highest BCUT2D eigenvalue weighted by Gasteiger charge is 2.11. The summed E-state index contributed by atoms with van der Waals surface area (Å²) in [6.45, 7) is 8.21. The number of halogens is 1. The highest BCUT2D eigenvalue weighted by Crippen LogP contribution is 2.24. The Morgan fingerprint density at radius 1 is 1.20 bits per heavy atom. The van der Waals surface area contributed by atoms with Gasteiger partial charge in [-0.25, -0.2) is 0 Å². The number of hydrogen-bond acceptors (Lipinski definition) is 3. The van der Waals surface area contributed by atoms with Crippen molar-refractivity contribution in [2.45, 2.75) is 52.1 Å². The monoisotopic (exact) mass is 343 g/mol. The van der Waals surface area contributed by atoms with Crippen LogP contribution in [0.3, 0.4) is 0 Å². The molecule has 1 aromatic rings. The topological polar surface area (TPSA) is 41.5 Å². The third-order valence-electron chi connectivity index (χ3n) is 2.89. The van der Waals surface area contributed by atoms with Gasteiger partial charge in [0.1, 0.15) is 5.75 Å². The summed E-state index contributed by atoms with van der Waals surface area (Å²) in [5, 5.41) is 12.2. The van der Waals surface area contributed by atoms with Crippen molar-refractivity contribution in [3.05, 3.63) is 28.2 Å². The highest BCUT2D eigenvalue weighted by molar-refractivity contribution is 9.10. The van der Waals surface area contributed by atoms with E-state index in [-0.39, 0.29) is 12.1 Å². The molecule has 0 unspecified atom stereocenters. The van der Waals surface area contributed by atoms with Crippen molar-refractivity contribution in [2.24, 2.45) is 0 Å². The molecule has 0 aliphatic heterocycles. The van der Waals surface area contributed by atoms with Gasteiger partial charge in [-0.3, -0.25) is 0 Å². The van der Waals surface area contributed by atoms with Crippen molar-refractivity contribution in [2.75, 3.05) is 13.2 Å². The lowest BCUT2D eigenvalue weighted by molar-refractivity contribution is 0.264. The van der Waals surface area contributed by atoms with E-state index in [1.54, 1.807) is 0 Å². The lowest BCUT2D eigenvalue weighted by Gasteiger charge is -2.22. The number of hydrogen-bond donors (Lipinski definition) is 2. The third-order valence-corrected chi connectivity index (χ3v) is 3.38. The number of aliphatic hydroxyl groups is 1.